The Morgan fingerprint density at radius 2 is 1.58 bits per heavy atom. The zero-order chi connectivity index (χ0) is 53.7. The van der Waals surface area contributed by atoms with Crippen molar-refractivity contribution in [3.8, 4) is 5.75 Å². The maximum Gasteiger partial charge on any atom is 0.246 e. The average molecular weight is 1040 g/mol. The Balaban J connectivity index is 0.847. The summed E-state index contributed by atoms with van der Waals surface area (Å²) in [7, 11) is 0. The summed E-state index contributed by atoms with van der Waals surface area (Å²) in [5, 5.41) is 37.2. The van der Waals surface area contributed by atoms with Crippen molar-refractivity contribution in [2.45, 2.75) is 189 Å². The third-order valence-electron chi connectivity index (χ3n) is 17.4. The molecule has 2 aromatic rings. The number of nitrogens with one attached hydrogen (secondary N) is 1. The van der Waals surface area contributed by atoms with Gasteiger partial charge in [0.2, 0.25) is 11.8 Å². The molecule has 0 spiro atoms. The Morgan fingerprint density at radius 3 is 2.27 bits per heavy atom. The highest BCUT2D eigenvalue weighted by Gasteiger charge is 2.56. The van der Waals surface area contributed by atoms with E-state index in [1.165, 1.54) is 56.0 Å². The van der Waals surface area contributed by atoms with E-state index in [2.05, 4.69) is 89.5 Å². The van der Waals surface area contributed by atoms with Crippen LogP contribution in [-0.2, 0) is 41.4 Å². The van der Waals surface area contributed by atoms with E-state index < -0.39 is 29.5 Å². The fourth-order valence-corrected chi connectivity index (χ4v) is 13.7. The number of aromatic hydroxyl groups is 1. The fraction of sp³-hybridized carbons (Fsp3) is 0.694. The van der Waals surface area contributed by atoms with Crippen LogP contribution in [0.2, 0.25) is 0 Å². The summed E-state index contributed by atoms with van der Waals surface area (Å²) >= 11 is 1.77. The van der Waals surface area contributed by atoms with Crippen molar-refractivity contribution in [2.75, 3.05) is 46.2 Å². The number of phenolic OH excluding ortho intramolecular Hbond substituents is 1. The van der Waals surface area contributed by atoms with Crippen molar-refractivity contribution in [1.82, 2.24) is 10.2 Å². The number of hydrogen-bond acceptors (Lipinski definition) is 10. The quantitative estimate of drug-likeness (QED) is 0.0636. The molecule has 0 bridgehead atoms. The van der Waals surface area contributed by atoms with Crippen LogP contribution in [0.15, 0.2) is 59.0 Å². The van der Waals surface area contributed by atoms with Gasteiger partial charge >= 0.3 is 0 Å². The van der Waals surface area contributed by atoms with Crippen LogP contribution in [-0.4, -0.2) is 108 Å². The zero-order valence-corrected chi connectivity index (χ0v) is 47.7. The molecule has 12 heteroatoms. The molecule has 0 aromatic heterocycles. The lowest BCUT2D eigenvalue weighted by atomic mass is 9.52. The van der Waals surface area contributed by atoms with Crippen LogP contribution in [0.1, 0.15) is 174 Å². The van der Waals surface area contributed by atoms with Crippen molar-refractivity contribution in [3.05, 3.63) is 81.3 Å². The van der Waals surface area contributed by atoms with Crippen LogP contribution >= 0.6 is 11.8 Å². The number of ketones is 1. The van der Waals surface area contributed by atoms with E-state index in [1.807, 2.05) is 32.9 Å². The van der Waals surface area contributed by atoms with Crippen LogP contribution in [0.5, 0.6) is 5.75 Å². The average Bonchev–Trinajstić information content (AvgIpc) is 3.90. The summed E-state index contributed by atoms with van der Waals surface area (Å²) in [5.74, 6) is 2.05. The van der Waals surface area contributed by atoms with Gasteiger partial charge in [-0.05, 0) is 165 Å². The number of fused-ring (bicyclic) bond motifs is 5. The molecule has 0 radical (unpaired) electrons. The molecule has 3 fully saturated rings. The topological polar surface area (TPSA) is 155 Å². The number of phenols is 1. The SMILES string of the molecule is CCC(C)=CSC(=C(C)C)c1ccc(CC(C)C(C)CC(=O)C2CC(O)CN2C(=O)C(NC(=O)COCCOCCOCCCCCCC2Cc3cc(O)ccc3C3CCC4(C)C(O)CCC4C23)C(C)(C)C)cc1. The molecule has 412 valence electrons. The van der Waals surface area contributed by atoms with E-state index >= 15 is 0 Å². The smallest absolute Gasteiger partial charge is 0.246 e. The van der Waals surface area contributed by atoms with Crippen LogP contribution in [0.3, 0.4) is 0 Å². The second kappa shape index (κ2) is 27.7. The highest BCUT2D eigenvalue weighted by molar-refractivity contribution is 8.11. The Hall–Kier alpha value is -3.52. The molecular weight excluding hydrogens is 949 g/mol. The number of amides is 2. The van der Waals surface area contributed by atoms with E-state index in [4.69, 9.17) is 14.2 Å². The van der Waals surface area contributed by atoms with Crippen molar-refractivity contribution in [1.29, 1.82) is 0 Å². The number of thioether (sulfide) groups is 1. The predicted octanol–water partition coefficient (Wildman–Crippen LogP) is 11.6. The number of β-amino-alcohol motifs (C(OH)–C–C–N with tert-alkyl or cyclic N) is 1. The Bertz CT molecular complexity index is 2220. The molecular formula is C62H94N2O9S. The van der Waals surface area contributed by atoms with E-state index in [1.54, 1.807) is 11.8 Å². The summed E-state index contributed by atoms with van der Waals surface area (Å²) in [5.41, 5.74) is 7.18. The van der Waals surface area contributed by atoms with Gasteiger partial charge in [-0.3, -0.25) is 14.4 Å². The van der Waals surface area contributed by atoms with Gasteiger partial charge in [-0.1, -0.05) is 121 Å². The lowest BCUT2D eigenvalue weighted by Crippen LogP contribution is -2.57. The monoisotopic (exact) mass is 1040 g/mol. The number of aliphatic hydroxyl groups is 2. The summed E-state index contributed by atoms with van der Waals surface area (Å²) in [6, 6.07) is 13.1. The number of Topliss-reactive ketones (excluding diaryl/α,β-unsaturated/α-hetero) is 1. The number of aliphatic hydroxyl groups excluding tert-OH is 2. The molecule has 11 unspecified atom stereocenters. The van der Waals surface area contributed by atoms with Crippen molar-refractivity contribution >= 4 is 34.3 Å². The van der Waals surface area contributed by atoms with E-state index in [0.717, 1.165) is 64.2 Å². The summed E-state index contributed by atoms with van der Waals surface area (Å²) < 4.78 is 17.2. The first-order chi connectivity index (χ1) is 35.2. The van der Waals surface area contributed by atoms with Gasteiger partial charge in [0.25, 0.3) is 0 Å². The number of rotatable bonds is 27. The number of nitrogens with zero attached hydrogens (tertiary/aromatic N) is 1. The number of unbranched alkanes of at least 4 members (excludes halogenated alkanes) is 3. The largest absolute Gasteiger partial charge is 0.508 e. The van der Waals surface area contributed by atoms with Crippen LogP contribution in [0.4, 0.5) is 0 Å². The number of benzene rings is 2. The van der Waals surface area contributed by atoms with Crippen molar-refractivity contribution in [3.63, 3.8) is 0 Å². The zero-order valence-electron chi connectivity index (χ0n) is 46.9. The first kappa shape index (κ1) is 59.7. The number of likely N-dealkylation sites (tertiary alicyclic amines) is 1. The molecule has 6 rings (SSSR count). The van der Waals surface area contributed by atoms with Gasteiger partial charge < -0.3 is 39.7 Å². The predicted molar refractivity (Wildman–Crippen MR) is 299 cm³/mol. The van der Waals surface area contributed by atoms with Gasteiger partial charge in [0.05, 0.1) is 44.7 Å². The second-order valence-electron chi connectivity index (χ2n) is 24.3. The molecule has 74 heavy (non-hydrogen) atoms. The summed E-state index contributed by atoms with van der Waals surface area (Å²) in [4.78, 5) is 44.0. The number of hydrogen-bond donors (Lipinski definition) is 4. The molecule has 11 atom stereocenters. The van der Waals surface area contributed by atoms with Gasteiger partial charge in [-0.15, -0.1) is 0 Å². The highest BCUT2D eigenvalue weighted by Crippen LogP contribution is 2.63. The number of ether oxygens (including phenoxy) is 3. The second-order valence-corrected chi connectivity index (χ2v) is 25.2. The van der Waals surface area contributed by atoms with E-state index in [0.29, 0.717) is 55.8 Å². The van der Waals surface area contributed by atoms with Crippen LogP contribution in [0.25, 0.3) is 4.91 Å². The Morgan fingerprint density at radius 1 is 0.892 bits per heavy atom. The highest BCUT2D eigenvalue weighted by atomic mass is 32.2. The number of carbonyl (C=O) groups is 3. The minimum absolute atomic E-state index is 0.0327. The van der Waals surface area contributed by atoms with Crippen LogP contribution in [0, 0.1) is 40.4 Å². The maximum absolute atomic E-state index is 14.2. The molecule has 2 saturated carbocycles. The molecule has 1 aliphatic heterocycles. The summed E-state index contributed by atoms with van der Waals surface area (Å²) in [6.07, 6.45) is 12.2. The third-order valence-corrected chi connectivity index (χ3v) is 18.8. The van der Waals surface area contributed by atoms with Gasteiger partial charge in [0.15, 0.2) is 5.78 Å². The van der Waals surface area contributed by atoms with Crippen molar-refractivity contribution in [2.24, 2.45) is 40.4 Å². The minimum Gasteiger partial charge on any atom is -0.508 e. The molecule has 2 amide bonds. The summed E-state index contributed by atoms with van der Waals surface area (Å²) in [6.45, 7) is 22.8. The van der Waals surface area contributed by atoms with Gasteiger partial charge in [-0.25, -0.2) is 0 Å². The van der Waals surface area contributed by atoms with Gasteiger partial charge in [-0.2, -0.15) is 0 Å². The van der Waals surface area contributed by atoms with Crippen LogP contribution < -0.4 is 5.32 Å². The molecule has 4 N–H and O–H groups in total. The molecule has 2 aromatic carbocycles. The molecule has 1 saturated heterocycles. The standard InChI is InChI=1S/C62H94N2O9S/c1-11-41(4)39-74-58(40(2)3)45-19-17-44(18-20-45)32-42(5)43(6)33-54(67)53-36-49(66)37-64(53)60(70)59(61(7,8)9)63-56(69)38-73-31-30-72-29-28-71-27-15-13-12-14-16-46-34-47-35-48(65)21-22-50(47)51-25-26-62(10)52(57(46)51)23-24-55(62)68/h17-22,35,39,42-43,46,49,51-53,55,57,59,65-66,68H,11-16,23-34,36-38H2,1-10H3,(H,63,69). The Kier molecular flexibility index (Phi) is 22.3. The van der Waals surface area contributed by atoms with Gasteiger partial charge in [0.1, 0.15) is 18.4 Å². The minimum atomic E-state index is -0.918. The van der Waals surface area contributed by atoms with Gasteiger partial charge in [0, 0.05) is 30.9 Å². The molecule has 3 aliphatic carbocycles. The number of carbonyl (C=O) groups excluding carboxylic acids is 3. The molecule has 11 nitrogen and oxygen atoms in total. The number of allylic oxidation sites excluding steroid dienone is 2. The Labute approximate surface area is 449 Å². The molecule has 4 aliphatic rings. The fourth-order valence-electron chi connectivity index (χ4n) is 12.7. The van der Waals surface area contributed by atoms with E-state index in [-0.39, 0.29) is 67.6 Å². The first-order valence-electron chi connectivity index (χ1n) is 28.3. The third kappa shape index (κ3) is 15.8. The maximum atomic E-state index is 14.2. The lowest BCUT2D eigenvalue weighted by Gasteiger charge is -2.53. The normalized spacial score (nSPS) is 25.9. The first-order valence-corrected chi connectivity index (χ1v) is 29.2. The lowest BCUT2D eigenvalue weighted by molar-refractivity contribution is -0.144. The van der Waals surface area contributed by atoms with E-state index in [9.17, 15) is 29.7 Å². The molecule has 1 heterocycles. The van der Waals surface area contributed by atoms with Crippen molar-refractivity contribution < 1.29 is 43.9 Å².